The highest BCUT2D eigenvalue weighted by Gasteiger charge is 2.21. The molecule has 1 aliphatic rings. The first kappa shape index (κ1) is 29.1. The number of esters is 1. The van der Waals surface area contributed by atoms with Crippen molar-refractivity contribution < 1.29 is 19.1 Å². The molecule has 6 heteroatoms. The summed E-state index contributed by atoms with van der Waals surface area (Å²) in [5.74, 6) is 0.244. The molecule has 1 amide bonds. The van der Waals surface area contributed by atoms with Gasteiger partial charge < -0.3 is 20.1 Å². The third-order valence-corrected chi connectivity index (χ3v) is 7.82. The molecule has 0 aromatic heterocycles. The van der Waals surface area contributed by atoms with E-state index in [1.165, 1.54) is 37.7 Å². The number of benzene rings is 4. The molecule has 0 radical (unpaired) electrons. The van der Waals surface area contributed by atoms with E-state index in [9.17, 15) is 9.59 Å². The van der Waals surface area contributed by atoms with E-state index in [4.69, 9.17) is 15.2 Å². The van der Waals surface area contributed by atoms with Gasteiger partial charge in [0, 0.05) is 11.8 Å². The molecular formula is C36H38N2O4. The van der Waals surface area contributed by atoms with Crippen molar-refractivity contribution in [1.29, 1.82) is 0 Å². The van der Waals surface area contributed by atoms with Crippen LogP contribution in [0.3, 0.4) is 0 Å². The van der Waals surface area contributed by atoms with Gasteiger partial charge in [-0.2, -0.15) is 0 Å². The second-order valence-corrected chi connectivity index (χ2v) is 10.8. The summed E-state index contributed by atoms with van der Waals surface area (Å²) in [4.78, 5) is 27.9. The Labute approximate surface area is 248 Å². The Hall–Kier alpha value is -4.42. The van der Waals surface area contributed by atoms with Gasteiger partial charge in [-0.05, 0) is 53.1 Å². The third-order valence-electron chi connectivity index (χ3n) is 7.82. The summed E-state index contributed by atoms with van der Waals surface area (Å²) in [6.07, 6.45) is 6.38. The van der Waals surface area contributed by atoms with Gasteiger partial charge in [0.1, 0.15) is 24.5 Å². The molecule has 0 saturated heterocycles. The zero-order valence-corrected chi connectivity index (χ0v) is 23.9. The van der Waals surface area contributed by atoms with Gasteiger partial charge in [0.15, 0.2) is 0 Å². The zero-order valence-electron chi connectivity index (χ0n) is 23.9. The van der Waals surface area contributed by atoms with Gasteiger partial charge >= 0.3 is 5.97 Å². The number of nitrogens with two attached hydrogens (primary N) is 1. The maximum atomic E-state index is 13.2. The number of carbonyl (C=O) groups is 2. The molecule has 0 unspecified atom stereocenters. The van der Waals surface area contributed by atoms with Crippen LogP contribution in [0.5, 0.6) is 5.75 Å². The van der Waals surface area contributed by atoms with E-state index in [2.05, 4.69) is 24.3 Å². The van der Waals surface area contributed by atoms with Gasteiger partial charge in [0.25, 0.3) is 0 Å². The van der Waals surface area contributed by atoms with Crippen LogP contribution in [-0.2, 0) is 29.3 Å². The van der Waals surface area contributed by atoms with Crippen LogP contribution in [-0.4, -0.2) is 18.4 Å². The van der Waals surface area contributed by atoms with E-state index in [0.29, 0.717) is 29.5 Å². The lowest BCUT2D eigenvalue weighted by Gasteiger charge is -2.25. The summed E-state index contributed by atoms with van der Waals surface area (Å²) >= 11 is 0. The fourth-order valence-corrected chi connectivity index (χ4v) is 5.45. The minimum atomic E-state index is -0.497. The summed E-state index contributed by atoms with van der Waals surface area (Å²) in [7, 11) is 0. The zero-order chi connectivity index (χ0) is 29.1. The van der Waals surface area contributed by atoms with Crippen molar-refractivity contribution in [2.45, 2.75) is 57.8 Å². The minimum Gasteiger partial charge on any atom is -0.488 e. The smallest absolute Gasteiger partial charge is 0.342 e. The van der Waals surface area contributed by atoms with Crippen molar-refractivity contribution in [3.8, 4) is 5.75 Å². The normalized spacial score (nSPS) is 13.4. The number of carbonyl (C=O) groups excluding carboxylic acids is 2. The molecule has 1 fully saturated rings. The van der Waals surface area contributed by atoms with Gasteiger partial charge in [-0.15, -0.1) is 0 Å². The molecule has 1 aliphatic carbocycles. The number of hydrogen-bond acceptors (Lipinski definition) is 5. The van der Waals surface area contributed by atoms with Crippen LogP contribution < -0.4 is 15.4 Å². The molecular weight excluding hydrogens is 524 g/mol. The number of nitrogens with zero attached hydrogens (tertiary/aromatic N) is 1. The van der Waals surface area contributed by atoms with Crippen molar-refractivity contribution in [2.75, 3.05) is 11.4 Å². The van der Waals surface area contributed by atoms with Crippen LogP contribution in [0.15, 0.2) is 103 Å². The number of ether oxygens (including phenoxy) is 2. The van der Waals surface area contributed by atoms with E-state index < -0.39 is 5.97 Å². The van der Waals surface area contributed by atoms with Crippen molar-refractivity contribution >= 4 is 17.6 Å². The van der Waals surface area contributed by atoms with Gasteiger partial charge in [-0.25, -0.2) is 4.79 Å². The quantitative estimate of drug-likeness (QED) is 0.196. The van der Waals surface area contributed by atoms with E-state index in [0.717, 1.165) is 16.7 Å². The molecule has 0 atom stereocenters. The molecule has 216 valence electrons. The monoisotopic (exact) mass is 562 g/mol. The van der Waals surface area contributed by atoms with Gasteiger partial charge in [0.05, 0.1) is 13.1 Å². The van der Waals surface area contributed by atoms with Gasteiger partial charge in [-0.3, -0.25) is 4.79 Å². The Morgan fingerprint density at radius 1 is 0.738 bits per heavy atom. The first-order valence-corrected chi connectivity index (χ1v) is 14.7. The third kappa shape index (κ3) is 7.65. The van der Waals surface area contributed by atoms with Crippen molar-refractivity contribution in [1.82, 2.24) is 0 Å². The molecule has 1 saturated carbocycles. The summed E-state index contributed by atoms with van der Waals surface area (Å²) in [6, 6.07) is 33.0. The van der Waals surface area contributed by atoms with E-state index in [1.807, 2.05) is 60.7 Å². The number of amides is 1. The van der Waals surface area contributed by atoms with Crippen molar-refractivity contribution in [2.24, 2.45) is 5.73 Å². The number of anilines is 1. The molecule has 5 rings (SSSR count). The lowest BCUT2D eigenvalue weighted by molar-refractivity contribution is -0.117. The van der Waals surface area contributed by atoms with Crippen LogP contribution in [0.1, 0.15) is 70.6 Å². The molecule has 42 heavy (non-hydrogen) atoms. The van der Waals surface area contributed by atoms with Crippen LogP contribution >= 0.6 is 0 Å². The SMILES string of the molecule is NCC(=O)N(Cc1ccc(C2CCCCC2)cc1)c1ccc(C(=O)OCc2ccccc2)c(OCc2ccccc2)c1. The van der Waals surface area contributed by atoms with Crippen molar-refractivity contribution in [3.05, 3.63) is 131 Å². The largest absolute Gasteiger partial charge is 0.488 e. The molecule has 4 aromatic rings. The minimum absolute atomic E-state index is 0.138. The summed E-state index contributed by atoms with van der Waals surface area (Å²) in [6.45, 7) is 0.628. The highest BCUT2D eigenvalue weighted by Crippen LogP contribution is 2.33. The second-order valence-electron chi connectivity index (χ2n) is 10.8. The Bertz CT molecular complexity index is 1450. The number of hydrogen-bond donors (Lipinski definition) is 1. The summed E-state index contributed by atoms with van der Waals surface area (Å²) in [5, 5.41) is 0. The fraction of sp³-hybridized carbons (Fsp3) is 0.278. The average Bonchev–Trinajstić information content (AvgIpc) is 3.06. The summed E-state index contributed by atoms with van der Waals surface area (Å²) in [5.41, 5.74) is 11.0. The van der Waals surface area contributed by atoms with E-state index in [1.54, 1.807) is 23.1 Å². The maximum Gasteiger partial charge on any atom is 0.342 e. The van der Waals surface area contributed by atoms with Gasteiger partial charge in [0.2, 0.25) is 5.91 Å². The fourth-order valence-electron chi connectivity index (χ4n) is 5.45. The molecule has 0 aliphatic heterocycles. The molecule has 0 heterocycles. The lowest BCUT2D eigenvalue weighted by atomic mass is 9.84. The van der Waals surface area contributed by atoms with Crippen LogP contribution in [0.2, 0.25) is 0 Å². The molecule has 6 nitrogen and oxygen atoms in total. The Morgan fingerprint density at radius 2 is 1.38 bits per heavy atom. The average molecular weight is 563 g/mol. The lowest BCUT2D eigenvalue weighted by Crippen LogP contribution is -2.35. The van der Waals surface area contributed by atoms with Crippen LogP contribution in [0.25, 0.3) is 0 Å². The Morgan fingerprint density at radius 3 is 2.02 bits per heavy atom. The van der Waals surface area contributed by atoms with Crippen molar-refractivity contribution in [3.63, 3.8) is 0 Å². The standard InChI is InChI=1S/C36H38N2O4/c37-23-35(39)38(24-27-16-18-31(19-17-27)30-14-8-3-9-15-30)32-20-21-33(36(40)42-26-29-12-6-2-7-13-29)34(22-32)41-25-28-10-4-1-5-11-28/h1-2,4-7,10-13,16-22,30H,3,8-9,14-15,23-26,37H2. The Kier molecular flexibility index (Phi) is 10.0. The predicted octanol–water partition coefficient (Wildman–Crippen LogP) is 7.16. The number of rotatable bonds is 11. The first-order chi connectivity index (χ1) is 20.6. The van der Waals surface area contributed by atoms with E-state index >= 15 is 0 Å². The predicted molar refractivity (Wildman–Crippen MR) is 165 cm³/mol. The van der Waals surface area contributed by atoms with E-state index in [-0.39, 0.29) is 25.7 Å². The van der Waals surface area contributed by atoms with Crippen LogP contribution in [0.4, 0.5) is 5.69 Å². The highest BCUT2D eigenvalue weighted by molar-refractivity contribution is 5.97. The molecule has 4 aromatic carbocycles. The second kappa shape index (κ2) is 14.5. The topological polar surface area (TPSA) is 81.9 Å². The summed E-state index contributed by atoms with van der Waals surface area (Å²) < 4.78 is 11.8. The van der Waals surface area contributed by atoms with Crippen LogP contribution in [0, 0.1) is 0 Å². The Balaban J connectivity index is 1.38. The highest BCUT2D eigenvalue weighted by atomic mass is 16.5. The maximum absolute atomic E-state index is 13.2. The van der Waals surface area contributed by atoms with Gasteiger partial charge in [-0.1, -0.05) is 104 Å². The molecule has 0 bridgehead atoms. The first-order valence-electron chi connectivity index (χ1n) is 14.7. The molecule has 2 N–H and O–H groups in total. The molecule has 0 spiro atoms.